The summed E-state index contributed by atoms with van der Waals surface area (Å²) in [7, 11) is 1.68. The molecule has 0 aliphatic rings. The summed E-state index contributed by atoms with van der Waals surface area (Å²) in [6.45, 7) is 10.0. The van der Waals surface area contributed by atoms with Crippen LogP contribution in [0.5, 0.6) is 0 Å². The molecule has 0 saturated carbocycles. The molecule has 0 heterocycles. The van der Waals surface area contributed by atoms with Gasteiger partial charge in [0.2, 0.25) is 0 Å². The Labute approximate surface area is 93.0 Å². The summed E-state index contributed by atoms with van der Waals surface area (Å²) in [4.78, 5) is 0. The first-order valence-corrected chi connectivity index (χ1v) is 5.31. The number of aliphatic hydroxyl groups is 1. The molecule has 0 aromatic heterocycles. The molecule has 0 unspecified atom stereocenters. The summed E-state index contributed by atoms with van der Waals surface area (Å²) in [5.74, 6) is 0. The van der Waals surface area contributed by atoms with Gasteiger partial charge in [-0.05, 0) is 27.7 Å². The summed E-state index contributed by atoms with van der Waals surface area (Å²) in [6.07, 6.45) is 0. The van der Waals surface area contributed by atoms with E-state index < -0.39 is 5.60 Å². The molecule has 0 rings (SSSR count). The summed E-state index contributed by atoms with van der Waals surface area (Å²) in [6, 6.07) is 0. The van der Waals surface area contributed by atoms with Gasteiger partial charge in [-0.1, -0.05) is 0 Å². The number of methoxy groups -OCH3 is 1. The second kappa shape index (κ2) is 6.43. The van der Waals surface area contributed by atoms with Crippen LogP contribution in [0.15, 0.2) is 0 Å². The molecule has 0 saturated heterocycles. The zero-order valence-electron chi connectivity index (χ0n) is 10.6. The zero-order valence-corrected chi connectivity index (χ0v) is 10.6. The lowest BCUT2D eigenvalue weighted by Crippen LogP contribution is -2.46. The van der Waals surface area contributed by atoms with Crippen LogP contribution in [0, 0.1) is 0 Å². The second-order valence-corrected chi connectivity index (χ2v) is 5.11. The van der Waals surface area contributed by atoms with Gasteiger partial charge in [-0.3, -0.25) is 0 Å². The van der Waals surface area contributed by atoms with Crippen molar-refractivity contribution >= 4 is 0 Å². The van der Waals surface area contributed by atoms with E-state index in [-0.39, 0.29) is 5.54 Å². The number of hydrogen-bond donors (Lipinski definition) is 2. The Bertz CT molecular complexity index is 164. The fourth-order valence-corrected chi connectivity index (χ4v) is 1.10. The molecule has 4 nitrogen and oxygen atoms in total. The number of ether oxygens (including phenoxy) is 2. The quantitative estimate of drug-likeness (QED) is 0.593. The van der Waals surface area contributed by atoms with E-state index in [1.54, 1.807) is 21.0 Å². The molecular weight excluding hydrogens is 194 g/mol. The van der Waals surface area contributed by atoms with E-state index in [4.69, 9.17) is 9.47 Å². The standard InChI is InChI=1S/C11H25NO3/c1-10(2,12-6-7-14-5)8-15-9-11(3,4)13/h12-13H,6-9H2,1-5H3. The highest BCUT2D eigenvalue weighted by atomic mass is 16.5. The minimum Gasteiger partial charge on any atom is -0.388 e. The molecule has 92 valence electrons. The van der Waals surface area contributed by atoms with Gasteiger partial charge in [-0.15, -0.1) is 0 Å². The van der Waals surface area contributed by atoms with Crippen molar-refractivity contribution in [1.82, 2.24) is 5.32 Å². The Balaban J connectivity index is 3.64. The van der Waals surface area contributed by atoms with E-state index in [2.05, 4.69) is 19.2 Å². The minimum atomic E-state index is -0.761. The van der Waals surface area contributed by atoms with Crippen molar-refractivity contribution in [2.75, 3.05) is 33.5 Å². The van der Waals surface area contributed by atoms with Gasteiger partial charge in [-0.2, -0.15) is 0 Å². The van der Waals surface area contributed by atoms with E-state index in [9.17, 15) is 5.11 Å². The number of rotatable bonds is 8. The average Bonchev–Trinajstić information content (AvgIpc) is 2.01. The maximum atomic E-state index is 9.46. The van der Waals surface area contributed by atoms with Crippen LogP contribution < -0.4 is 5.32 Å². The molecule has 4 heteroatoms. The molecule has 0 atom stereocenters. The van der Waals surface area contributed by atoms with Crippen molar-refractivity contribution in [1.29, 1.82) is 0 Å². The summed E-state index contributed by atoms with van der Waals surface area (Å²) in [5, 5.41) is 12.8. The van der Waals surface area contributed by atoms with Gasteiger partial charge < -0.3 is 19.9 Å². The monoisotopic (exact) mass is 219 g/mol. The first-order valence-electron chi connectivity index (χ1n) is 5.31. The van der Waals surface area contributed by atoms with Crippen molar-refractivity contribution in [3.8, 4) is 0 Å². The molecule has 0 spiro atoms. The van der Waals surface area contributed by atoms with Crippen LogP contribution in [0.1, 0.15) is 27.7 Å². The highest BCUT2D eigenvalue weighted by Crippen LogP contribution is 2.06. The van der Waals surface area contributed by atoms with Crippen LogP contribution >= 0.6 is 0 Å². The lowest BCUT2D eigenvalue weighted by Gasteiger charge is -2.27. The fourth-order valence-electron chi connectivity index (χ4n) is 1.10. The largest absolute Gasteiger partial charge is 0.388 e. The predicted molar refractivity (Wildman–Crippen MR) is 61.1 cm³/mol. The Hall–Kier alpha value is -0.160. The van der Waals surface area contributed by atoms with E-state index in [0.717, 1.165) is 6.54 Å². The van der Waals surface area contributed by atoms with Crippen LogP contribution in [0.3, 0.4) is 0 Å². The fraction of sp³-hybridized carbons (Fsp3) is 1.00. The lowest BCUT2D eigenvalue weighted by molar-refractivity contribution is -0.0350. The molecule has 15 heavy (non-hydrogen) atoms. The topological polar surface area (TPSA) is 50.7 Å². The number of hydrogen-bond acceptors (Lipinski definition) is 4. The molecule has 0 aliphatic heterocycles. The van der Waals surface area contributed by atoms with Crippen LogP contribution in [0.4, 0.5) is 0 Å². The van der Waals surface area contributed by atoms with Crippen molar-refractivity contribution in [2.24, 2.45) is 0 Å². The second-order valence-electron chi connectivity index (χ2n) is 5.11. The maximum Gasteiger partial charge on any atom is 0.0824 e. The van der Waals surface area contributed by atoms with Gasteiger partial charge in [0.15, 0.2) is 0 Å². The molecule has 0 fully saturated rings. The lowest BCUT2D eigenvalue weighted by atomic mass is 10.1. The third-order valence-electron chi connectivity index (χ3n) is 1.83. The first kappa shape index (κ1) is 14.8. The van der Waals surface area contributed by atoms with Crippen LogP contribution in [-0.4, -0.2) is 49.7 Å². The predicted octanol–water partition coefficient (Wildman–Crippen LogP) is 0.788. The van der Waals surface area contributed by atoms with Gasteiger partial charge >= 0.3 is 0 Å². The van der Waals surface area contributed by atoms with E-state index in [0.29, 0.717) is 19.8 Å². The first-order chi connectivity index (χ1) is 6.77. The molecule has 0 amide bonds. The third-order valence-corrected chi connectivity index (χ3v) is 1.83. The highest BCUT2D eigenvalue weighted by molar-refractivity contribution is 4.77. The Morgan fingerprint density at radius 2 is 1.73 bits per heavy atom. The molecule has 0 bridgehead atoms. The van der Waals surface area contributed by atoms with E-state index in [1.165, 1.54) is 0 Å². The average molecular weight is 219 g/mol. The third kappa shape index (κ3) is 10.1. The maximum absolute atomic E-state index is 9.46. The summed E-state index contributed by atoms with van der Waals surface area (Å²) < 4.78 is 10.4. The summed E-state index contributed by atoms with van der Waals surface area (Å²) in [5.41, 5.74) is -0.855. The SMILES string of the molecule is COCCNC(C)(C)COCC(C)(C)O. The molecule has 0 aliphatic carbocycles. The zero-order chi connectivity index (χ0) is 11.9. The Morgan fingerprint density at radius 3 is 2.20 bits per heavy atom. The van der Waals surface area contributed by atoms with Crippen LogP contribution in [0.2, 0.25) is 0 Å². The van der Waals surface area contributed by atoms with Crippen LogP contribution in [-0.2, 0) is 9.47 Å². The molecule has 0 aromatic carbocycles. The van der Waals surface area contributed by atoms with Crippen molar-refractivity contribution in [3.05, 3.63) is 0 Å². The van der Waals surface area contributed by atoms with Gasteiger partial charge in [-0.25, -0.2) is 0 Å². The van der Waals surface area contributed by atoms with Crippen molar-refractivity contribution in [2.45, 2.75) is 38.8 Å². The van der Waals surface area contributed by atoms with Gasteiger partial charge in [0.25, 0.3) is 0 Å². The van der Waals surface area contributed by atoms with Crippen LogP contribution in [0.25, 0.3) is 0 Å². The number of nitrogens with one attached hydrogen (secondary N) is 1. The molecule has 2 N–H and O–H groups in total. The molecular formula is C11H25NO3. The highest BCUT2D eigenvalue weighted by Gasteiger charge is 2.19. The minimum absolute atomic E-state index is 0.0935. The Kier molecular flexibility index (Phi) is 6.36. The van der Waals surface area contributed by atoms with Crippen molar-refractivity contribution < 1.29 is 14.6 Å². The smallest absolute Gasteiger partial charge is 0.0824 e. The van der Waals surface area contributed by atoms with Gasteiger partial charge in [0.05, 0.1) is 25.4 Å². The summed E-state index contributed by atoms with van der Waals surface area (Å²) >= 11 is 0. The van der Waals surface area contributed by atoms with Gasteiger partial charge in [0, 0.05) is 19.2 Å². The normalized spacial score (nSPS) is 13.2. The van der Waals surface area contributed by atoms with Crippen molar-refractivity contribution in [3.63, 3.8) is 0 Å². The van der Waals surface area contributed by atoms with E-state index >= 15 is 0 Å². The molecule has 0 radical (unpaired) electrons. The molecule has 0 aromatic rings. The van der Waals surface area contributed by atoms with E-state index in [1.807, 2.05) is 0 Å². The van der Waals surface area contributed by atoms with Gasteiger partial charge in [0.1, 0.15) is 0 Å². The Morgan fingerprint density at radius 1 is 1.13 bits per heavy atom.